The zero-order chi connectivity index (χ0) is 9.26. The highest BCUT2D eigenvalue weighted by atomic mass is 79.9. The van der Waals surface area contributed by atoms with Gasteiger partial charge in [0, 0.05) is 17.1 Å². The summed E-state index contributed by atoms with van der Waals surface area (Å²) in [4.78, 5) is 0. The molecule has 2 N–H and O–H groups in total. The maximum absolute atomic E-state index is 4.08. The van der Waals surface area contributed by atoms with E-state index in [2.05, 4.69) is 32.0 Å². The molecule has 1 aromatic rings. The van der Waals surface area contributed by atoms with Crippen molar-refractivity contribution in [3.8, 4) is 0 Å². The molecule has 0 aromatic heterocycles. The first-order valence-corrected chi connectivity index (χ1v) is 4.64. The number of hydrogen-bond acceptors (Lipinski definition) is 4. The van der Waals surface area contributed by atoms with E-state index in [0.29, 0.717) is 0 Å². The Bertz CT molecular complexity index is 333. The number of hydrazone groups is 1. The standard InChI is InChI=1S/C8H9BrN4/c1-13-11-8(10-12-13)6-2-4-7(9)5-3-6/h2-5,12H,1H3,(H,10,11). The minimum atomic E-state index is 0.829. The highest BCUT2D eigenvalue weighted by molar-refractivity contribution is 9.10. The molecule has 0 unspecified atom stereocenters. The van der Waals surface area contributed by atoms with E-state index >= 15 is 0 Å². The lowest BCUT2D eigenvalue weighted by Crippen LogP contribution is -2.37. The van der Waals surface area contributed by atoms with Crippen LogP contribution in [0.25, 0.3) is 0 Å². The fourth-order valence-electron chi connectivity index (χ4n) is 1.07. The Morgan fingerprint density at radius 1 is 1.31 bits per heavy atom. The van der Waals surface area contributed by atoms with E-state index < -0.39 is 0 Å². The van der Waals surface area contributed by atoms with E-state index in [1.807, 2.05) is 31.3 Å². The van der Waals surface area contributed by atoms with E-state index in [1.54, 1.807) is 5.12 Å². The van der Waals surface area contributed by atoms with Gasteiger partial charge in [-0.05, 0) is 12.1 Å². The number of nitrogens with zero attached hydrogens (tertiary/aromatic N) is 2. The van der Waals surface area contributed by atoms with E-state index in [0.717, 1.165) is 15.9 Å². The second-order valence-corrected chi connectivity index (χ2v) is 3.65. The van der Waals surface area contributed by atoms with Gasteiger partial charge in [-0.25, -0.2) is 5.53 Å². The van der Waals surface area contributed by atoms with Crippen LogP contribution in [0.1, 0.15) is 5.56 Å². The molecule has 68 valence electrons. The van der Waals surface area contributed by atoms with Crippen LogP contribution in [0, 0.1) is 0 Å². The Hall–Kier alpha value is -1.07. The van der Waals surface area contributed by atoms with Gasteiger partial charge in [-0.15, -0.1) is 10.2 Å². The Morgan fingerprint density at radius 2 is 2.00 bits per heavy atom. The average molecular weight is 241 g/mol. The first kappa shape index (κ1) is 8.52. The molecule has 0 radical (unpaired) electrons. The van der Waals surface area contributed by atoms with Crippen LogP contribution in [0.2, 0.25) is 0 Å². The maximum atomic E-state index is 4.08. The Kier molecular flexibility index (Phi) is 2.20. The summed E-state index contributed by atoms with van der Waals surface area (Å²) in [5.74, 6) is 0.829. The fraction of sp³-hybridized carbons (Fsp3) is 0.125. The van der Waals surface area contributed by atoms with Crippen molar-refractivity contribution in [2.24, 2.45) is 5.10 Å². The molecule has 0 spiro atoms. The molecule has 0 saturated heterocycles. The van der Waals surface area contributed by atoms with E-state index in [1.165, 1.54) is 0 Å². The lowest BCUT2D eigenvalue weighted by atomic mass is 10.2. The number of rotatable bonds is 1. The summed E-state index contributed by atoms with van der Waals surface area (Å²) < 4.78 is 1.07. The molecule has 2 rings (SSSR count). The zero-order valence-corrected chi connectivity index (χ0v) is 8.67. The van der Waals surface area contributed by atoms with Gasteiger partial charge in [-0.1, -0.05) is 28.1 Å². The van der Waals surface area contributed by atoms with Crippen molar-refractivity contribution in [2.75, 3.05) is 7.05 Å². The predicted octanol–water partition coefficient (Wildman–Crippen LogP) is 1.07. The SMILES string of the molecule is CN1NN=C(c2ccc(Br)cc2)N1. The first-order chi connectivity index (χ1) is 6.25. The number of amidine groups is 1. The van der Waals surface area contributed by atoms with Gasteiger partial charge in [0.1, 0.15) is 0 Å². The summed E-state index contributed by atoms with van der Waals surface area (Å²) in [6.07, 6.45) is 0. The van der Waals surface area contributed by atoms with Crippen LogP contribution < -0.4 is 11.0 Å². The van der Waals surface area contributed by atoms with Crippen molar-refractivity contribution < 1.29 is 0 Å². The van der Waals surface area contributed by atoms with Gasteiger partial charge in [0.2, 0.25) is 0 Å². The second kappa shape index (κ2) is 3.35. The van der Waals surface area contributed by atoms with Crippen LogP contribution in [0.15, 0.2) is 33.8 Å². The Balaban J connectivity index is 2.22. The first-order valence-electron chi connectivity index (χ1n) is 3.85. The molecule has 0 atom stereocenters. The molecule has 1 aliphatic rings. The van der Waals surface area contributed by atoms with E-state index in [4.69, 9.17) is 0 Å². The molecular weight excluding hydrogens is 232 g/mol. The minimum absolute atomic E-state index is 0.829. The molecular formula is C8H9BrN4. The van der Waals surface area contributed by atoms with Crippen molar-refractivity contribution in [2.45, 2.75) is 0 Å². The summed E-state index contributed by atoms with van der Waals surface area (Å²) in [5.41, 5.74) is 6.88. The summed E-state index contributed by atoms with van der Waals surface area (Å²) in [5, 5.41) is 5.77. The van der Waals surface area contributed by atoms with Crippen LogP contribution in [0.4, 0.5) is 0 Å². The number of benzene rings is 1. The second-order valence-electron chi connectivity index (χ2n) is 2.74. The molecule has 0 bridgehead atoms. The molecule has 0 amide bonds. The summed E-state index contributed by atoms with van der Waals surface area (Å²) in [6, 6.07) is 7.96. The van der Waals surface area contributed by atoms with E-state index in [9.17, 15) is 0 Å². The number of hydrogen-bond donors (Lipinski definition) is 2. The van der Waals surface area contributed by atoms with Gasteiger partial charge in [0.15, 0.2) is 5.84 Å². The lowest BCUT2D eigenvalue weighted by molar-refractivity contribution is 0.232. The van der Waals surface area contributed by atoms with Crippen LogP contribution in [0.3, 0.4) is 0 Å². The van der Waals surface area contributed by atoms with Crippen LogP contribution >= 0.6 is 15.9 Å². The van der Waals surface area contributed by atoms with Crippen LogP contribution in [-0.2, 0) is 0 Å². The lowest BCUT2D eigenvalue weighted by Gasteiger charge is -2.07. The summed E-state index contributed by atoms with van der Waals surface area (Å²) >= 11 is 3.38. The van der Waals surface area contributed by atoms with Crippen molar-refractivity contribution in [1.29, 1.82) is 0 Å². The maximum Gasteiger partial charge on any atom is 0.170 e. The van der Waals surface area contributed by atoms with E-state index in [-0.39, 0.29) is 0 Å². The van der Waals surface area contributed by atoms with Gasteiger partial charge in [-0.3, -0.25) is 5.43 Å². The quantitative estimate of drug-likeness (QED) is 0.772. The Morgan fingerprint density at radius 3 is 2.54 bits per heavy atom. The molecule has 0 fully saturated rings. The van der Waals surface area contributed by atoms with Gasteiger partial charge in [0.05, 0.1) is 0 Å². The predicted molar refractivity (Wildman–Crippen MR) is 54.7 cm³/mol. The van der Waals surface area contributed by atoms with Crippen molar-refractivity contribution >= 4 is 21.8 Å². The van der Waals surface area contributed by atoms with Crippen molar-refractivity contribution in [3.63, 3.8) is 0 Å². The van der Waals surface area contributed by atoms with Crippen molar-refractivity contribution in [3.05, 3.63) is 34.3 Å². The highest BCUT2D eigenvalue weighted by Crippen LogP contribution is 2.11. The third-order valence-electron chi connectivity index (χ3n) is 1.70. The summed E-state index contributed by atoms with van der Waals surface area (Å²) in [6.45, 7) is 0. The molecule has 1 aliphatic heterocycles. The molecule has 0 aliphatic carbocycles. The third kappa shape index (κ3) is 1.81. The fourth-order valence-corrected chi connectivity index (χ4v) is 1.34. The topological polar surface area (TPSA) is 39.7 Å². The van der Waals surface area contributed by atoms with Crippen LogP contribution in [0.5, 0.6) is 0 Å². The Labute approximate surface area is 84.7 Å². The monoisotopic (exact) mass is 240 g/mol. The molecule has 0 saturated carbocycles. The molecule has 5 heteroatoms. The van der Waals surface area contributed by atoms with Gasteiger partial charge in [-0.2, -0.15) is 0 Å². The number of nitrogens with one attached hydrogen (secondary N) is 2. The molecule has 1 aromatic carbocycles. The molecule has 1 heterocycles. The number of halogens is 1. The zero-order valence-electron chi connectivity index (χ0n) is 7.08. The van der Waals surface area contributed by atoms with Gasteiger partial charge >= 0.3 is 0 Å². The van der Waals surface area contributed by atoms with Gasteiger partial charge < -0.3 is 0 Å². The largest absolute Gasteiger partial charge is 0.282 e. The minimum Gasteiger partial charge on any atom is -0.282 e. The van der Waals surface area contributed by atoms with Crippen LogP contribution in [-0.4, -0.2) is 18.0 Å². The third-order valence-corrected chi connectivity index (χ3v) is 2.23. The average Bonchev–Trinajstić information content (AvgIpc) is 2.53. The molecule has 4 nitrogen and oxygen atoms in total. The smallest absolute Gasteiger partial charge is 0.170 e. The van der Waals surface area contributed by atoms with Gasteiger partial charge in [0.25, 0.3) is 0 Å². The van der Waals surface area contributed by atoms with Crippen molar-refractivity contribution in [1.82, 2.24) is 16.1 Å². The number of hydrazine groups is 2. The molecule has 13 heavy (non-hydrogen) atoms. The normalized spacial score (nSPS) is 16.3. The summed E-state index contributed by atoms with van der Waals surface area (Å²) in [7, 11) is 1.86. The highest BCUT2D eigenvalue weighted by Gasteiger charge is 2.11.